The Morgan fingerprint density at radius 3 is 2.37 bits per heavy atom. The van der Waals surface area contributed by atoms with Crippen molar-refractivity contribution in [1.29, 1.82) is 0 Å². The summed E-state index contributed by atoms with van der Waals surface area (Å²) in [5.74, 6) is -0.924. The zero-order valence-corrected chi connectivity index (χ0v) is 23.2. The molecule has 10 heteroatoms. The molecule has 1 aromatic carbocycles. The van der Waals surface area contributed by atoms with Crippen molar-refractivity contribution in [2.75, 3.05) is 13.7 Å². The number of alkyl carbamates (subject to hydrolysis) is 1. The molecule has 3 rings (SSSR count). The quantitative estimate of drug-likeness (QED) is 0.402. The Morgan fingerprint density at radius 2 is 1.76 bits per heavy atom. The van der Waals surface area contributed by atoms with Crippen LogP contribution in [0, 0.1) is 5.92 Å². The van der Waals surface area contributed by atoms with Crippen molar-refractivity contribution in [2.45, 2.75) is 84.0 Å². The van der Waals surface area contributed by atoms with E-state index in [1.165, 1.54) is 7.11 Å². The molecule has 210 valence electrons. The van der Waals surface area contributed by atoms with Gasteiger partial charge in [0.2, 0.25) is 11.8 Å². The standard InChI is InChI=1S/C28H41N3O7/c1-18(2)16-22-24(32)29-21(26(34)36-6)10-8-7-9-15-37-20-13-11-19(12-14-20)17-23(25(33)30-22)31-27(35)38-28(3,4)5/h7-8,11-14,18,21-23H,9-10,15-17H2,1-6H3,(H,29,32)(H,30,33)(H,31,35)/b8-7+/t21-,22-,23-/m0/s1. The Balaban J connectivity index is 2.38. The fourth-order valence-electron chi connectivity index (χ4n) is 3.82. The van der Waals surface area contributed by atoms with Gasteiger partial charge < -0.3 is 30.2 Å². The van der Waals surface area contributed by atoms with Crippen LogP contribution in [0.5, 0.6) is 5.75 Å². The third-order valence-corrected chi connectivity index (χ3v) is 5.60. The first-order valence-electron chi connectivity index (χ1n) is 12.9. The highest BCUT2D eigenvalue weighted by atomic mass is 16.6. The molecule has 0 saturated carbocycles. The Hall–Kier alpha value is -3.56. The van der Waals surface area contributed by atoms with Crippen LogP contribution in [0.15, 0.2) is 36.4 Å². The number of fused-ring (bicyclic) bond motifs is 14. The zero-order chi connectivity index (χ0) is 28.3. The predicted octanol–water partition coefficient (Wildman–Crippen LogP) is 3.04. The number of rotatable bonds is 4. The summed E-state index contributed by atoms with van der Waals surface area (Å²) in [6, 6.07) is 4.38. The first kappa shape index (κ1) is 30.7. The molecule has 2 bridgehead atoms. The molecule has 2 heterocycles. The monoisotopic (exact) mass is 531 g/mol. The molecule has 1 aromatic rings. The summed E-state index contributed by atoms with van der Waals surface area (Å²) >= 11 is 0. The first-order chi connectivity index (χ1) is 17.9. The molecule has 0 saturated heterocycles. The molecule has 10 nitrogen and oxygen atoms in total. The highest BCUT2D eigenvalue weighted by Crippen LogP contribution is 2.16. The van der Waals surface area contributed by atoms with Crippen LogP contribution in [0.2, 0.25) is 0 Å². The van der Waals surface area contributed by atoms with Gasteiger partial charge >= 0.3 is 12.1 Å². The van der Waals surface area contributed by atoms with Crippen LogP contribution in [0.25, 0.3) is 0 Å². The van der Waals surface area contributed by atoms with Gasteiger partial charge in [0.15, 0.2) is 0 Å². The number of methoxy groups -OCH3 is 1. The summed E-state index contributed by atoms with van der Waals surface area (Å²) in [5.41, 5.74) is 0.0251. The number of carbonyl (C=O) groups is 4. The van der Waals surface area contributed by atoms with E-state index in [0.29, 0.717) is 25.2 Å². The van der Waals surface area contributed by atoms with Crippen molar-refractivity contribution in [1.82, 2.24) is 16.0 Å². The largest absolute Gasteiger partial charge is 0.493 e. The summed E-state index contributed by atoms with van der Waals surface area (Å²) in [6.07, 6.45) is 4.23. The topological polar surface area (TPSA) is 132 Å². The molecule has 0 unspecified atom stereocenters. The molecular formula is C28H41N3O7. The molecule has 0 aromatic heterocycles. The van der Waals surface area contributed by atoms with E-state index >= 15 is 0 Å². The second-order valence-corrected chi connectivity index (χ2v) is 10.7. The van der Waals surface area contributed by atoms with E-state index < -0.39 is 47.6 Å². The molecule has 38 heavy (non-hydrogen) atoms. The summed E-state index contributed by atoms with van der Waals surface area (Å²) in [6.45, 7) is 9.45. The number of nitrogens with one attached hydrogen (secondary N) is 3. The van der Waals surface area contributed by atoms with Gasteiger partial charge in [0, 0.05) is 6.42 Å². The van der Waals surface area contributed by atoms with Crippen LogP contribution in [0.3, 0.4) is 0 Å². The van der Waals surface area contributed by atoms with Crippen molar-refractivity contribution < 1.29 is 33.4 Å². The van der Waals surface area contributed by atoms with E-state index in [1.54, 1.807) is 39.0 Å². The molecule has 2 aliphatic heterocycles. The second-order valence-electron chi connectivity index (χ2n) is 10.7. The maximum absolute atomic E-state index is 13.4. The molecule has 0 spiro atoms. The number of hydrogen-bond acceptors (Lipinski definition) is 7. The molecule has 3 atom stereocenters. The van der Waals surface area contributed by atoms with Gasteiger partial charge in [0.25, 0.3) is 0 Å². The Labute approximate surface area is 224 Å². The van der Waals surface area contributed by atoms with Gasteiger partial charge in [-0.3, -0.25) is 9.59 Å². The molecule has 3 amide bonds. The second kappa shape index (κ2) is 14.4. The van der Waals surface area contributed by atoms with Crippen molar-refractivity contribution in [3.63, 3.8) is 0 Å². The van der Waals surface area contributed by atoms with Gasteiger partial charge in [-0.15, -0.1) is 0 Å². The van der Waals surface area contributed by atoms with Gasteiger partial charge in [-0.2, -0.15) is 0 Å². The van der Waals surface area contributed by atoms with Gasteiger partial charge in [0.05, 0.1) is 13.7 Å². The van der Waals surface area contributed by atoms with Gasteiger partial charge in [-0.05, 0) is 63.6 Å². The minimum absolute atomic E-state index is 0.0604. The normalized spacial score (nSPS) is 22.2. The lowest BCUT2D eigenvalue weighted by molar-refractivity contribution is -0.145. The average Bonchev–Trinajstić information content (AvgIpc) is 2.82. The van der Waals surface area contributed by atoms with Gasteiger partial charge in [-0.25, -0.2) is 9.59 Å². The minimum atomic E-state index is -1.02. The highest BCUT2D eigenvalue weighted by Gasteiger charge is 2.31. The van der Waals surface area contributed by atoms with Crippen LogP contribution >= 0.6 is 0 Å². The Bertz CT molecular complexity index is 983. The number of ether oxygens (including phenoxy) is 3. The maximum Gasteiger partial charge on any atom is 0.408 e. The lowest BCUT2D eigenvalue weighted by Crippen LogP contribution is -2.56. The molecule has 2 aliphatic rings. The summed E-state index contributed by atoms with van der Waals surface area (Å²) in [5, 5.41) is 8.12. The van der Waals surface area contributed by atoms with E-state index in [1.807, 2.05) is 32.1 Å². The number of carbonyl (C=O) groups excluding carboxylic acids is 4. The van der Waals surface area contributed by atoms with Crippen molar-refractivity contribution in [3.05, 3.63) is 42.0 Å². The smallest absolute Gasteiger partial charge is 0.408 e. The first-order valence-corrected chi connectivity index (χ1v) is 12.9. The lowest BCUT2D eigenvalue weighted by atomic mass is 10.0. The van der Waals surface area contributed by atoms with Crippen LogP contribution in [-0.2, 0) is 30.3 Å². The molecule has 0 aliphatic carbocycles. The zero-order valence-electron chi connectivity index (χ0n) is 23.2. The molecule has 0 fully saturated rings. The lowest BCUT2D eigenvalue weighted by Gasteiger charge is -2.27. The Morgan fingerprint density at radius 1 is 1.08 bits per heavy atom. The van der Waals surface area contributed by atoms with E-state index in [9.17, 15) is 19.2 Å². The number of benzene rings is 1. The number of hydrogen-bond donors (Lipinski definition) is 3. The van der Waals surface area contributed by atoms with Gasteiger partial charge in [-0.1, -0.05) is 38.1 Å². The van der Waals surface area contributed by atoms with E-state index in [-0.39, 0.29) is 18.8 Å². The van der Waals surface area contributed by atoms with Gasteiger partial charge in [0.1, 0.15) is 29.5 Å². The molecule has 3 N–H and O–H groups in total. The van der Waals surface area contributed by atoms with Crippen LogP contribution in [0.4, 0.5) is 4.79 Å². The third-order valence-electron chi connectivity index (χ3n) is 5.60. The van der Waals surface area contributed by atoms with Crippen LogP contribution in [0.1, 0.15) is 59.4 Å². The molecule has 0 radical (unpaired) electrons. The average molecular weight is 532 g/mol. The minimum Gasteiger partial charge on any atom is -0.493 e. The fourth-order valence-corrected chi connectivity index (χ4v) is 3.82. The SMILES string of the molecule is COC(=O)[C@@H]1C/C=C/CCOc2ccc(cc2)C[C@H](NC(=O)OC(C)(C)C)C(=O)N[C@@H](CC(C)C)C(=O)N1. The van der Waals surface area contributed by atoms with Crippen LogP contribution in [-0.4, -0.2) is 61.3 Å². The summed E-state index contributed by atoms with van der Waals surface area (Å²) in [4.78, 5) is 51.6. The fraction of sp³-hybridized carbons (Fsp3) is 0.571. The maximum atomic E-state index is 13.4. The molecular weight excluding hydrogens is 490 g/mol. The van der Waals surface area contributed by atoms with Crippen LogP contribution < -0.4 is 20.7 Å². The van der Waals surface area contributed by atoms with Crippen molar-refractivity contribution in [2.24, 2.45) is 5.92 Å². The van der Waals surface area contributed by atoms with E-state index in [2.05, 4.69) is 16.0 Å². The Kier molecular flexibility index (Phi) is 11.6. The highest BCUT2D eigenvalue weighted by molar-refractivity contribution is 5.93. The van der Waals surface area contributed by atoms with E-state index in [0.717, 1.165) is 5.56 Å². The predicted molar refractivity (Wildman–Crippen MR) is 143 cm³/mol. The summed E-state index contributed by atoms with van der Waals surface area (Å²) < 4.78 is 16.0. The summed E-state index contributed by atoms with van der Waals surface area (Å²) in [7, 11) is 1.25. The number of esters is 1. The van der Waals surface area contributed by atoms with Crippen molar-refractivity contribution in [3.8, 4) is 5.75 Å². The number of amides is 3. The third kappa shape index (κ3) is 10.8. The van der Waals surface area contributed by atoms with Crippen molar-refractivity contribution >= 4 is 23.9 Å². The van der Waals surface area contributed by atoms with E-state index in [4.69, 9.17) is 14.2 Å².